The first-order valence-corrected chi connectivity index (χ1v) is 10.8. The highest BCUT2D eigenvalue weighted by molar-refractivity contribution is 9.11. The Kier molecular flexibility index (Phi) is 6.48. The number of fused-ring (bicyclic) bond motifs is 1. The molecule has 0 amide bonds. The third-order valence-corrected chi connectivity index (χ3v) is 6.89. The number of halogens is 3. The summed E-state index contributed by atoms with van der Waals surface area (Å²) < 4.78 is 16.8. The van der Waals surface area contributed by atoms with E-state index in [0.29, 0.717) is 13.4 Å². The lowest BCUT2D eigenvalue weighted by molar-refractivity contribution is -0.179. The van der Waals surface area contributed by atoms with Crippen LogP contribution in [0.25, 0.3) is 0 Å². The minimum Gasteiger partial charge on any atom is -0.472 e. The summed E-state index contributed by atoms with van der Waals surface area (Å²) in [5.41, 5.74) is -1.83. The number of hydrogen-bond acceptors (Lipinski definition) is 8. The average molecular weight is 601 g/mol. The molecule has 1 aliphatic heterocycles. The van der Waals surface area contributed by atoms with Crippen molar-refractivity contribution in [3.8, 4) is 0 Å². The average Bonchev–Trinajstić information content (AvgIpc) is 2.82. The first-order valence-electron chi connectivity index (χ1n) is 8.38. The van der Waals surface area contributed by atoms with Crippen molar-refractivity contribution in [2.45, 2.75) is 31.0 Å². The Hall–Kier alpha value is -0.980. The van der Waals surface area contributed by atoms with Gasteiger partial charge in [-0.05, 0) is 50.9 Å². The van der Waals surface area contributed by atoms with Crippen LogP contribution in [0.3, 0.4) is 0 Å². The molecule has 0 spiro atoms. The van der Waals surface area contributed by atoms with Crippen molar-refractivity contribution >= 4 is 59.7 Å². The van der Waals surface area contributed by atoms with Gasteiger partial charge >= 0.3 is 11.9 Å². The summed E-state index contributed by atoms with van der Waals surface area (Å²) >= 11 is 9.87. The second-order valence-electron chi connectivity index (χ2n) is 6.93. The molecule has 1 saturated carbocycles. The van der Waals surface area contributed by atoms with Crippen LogP contribution >= 0.6 is 47.8 Å². The van der Waals surface area contributed by atoms with E-state index in [-0.39, 0.29) is 11.1 Å². The number of aliphatic hydroxyl groups excluding tert-OH is 2. The highest BCUT2D eigenvalue weighted by Gasteiger charge is 2.65. The molecule has 158 valence electrons. The fraction of sp³-hybridized carbons (Fsp3) is 0.444. The Morgan fingerprint density at radius 2 is 1.72 bits per heavy atom. The zero-order valence-corrected chi connectivity index (χ0v) is 19.9. The molecule has 0 saturated heterocycles. The molecule has 1 unspecified atom stereocenters. The molecule has 11 heteroatoms. The number of carbonyl (C=O) groups excluding carboxylic acids is 2. The Bertz CT molecular complexity index is 861. The van der Waals surface area contributed by atoms with Crippen LogP contribution in [0.2, 0.25) is 0 Å². The largest absolute Gasteiger partial charge is 0.472 e. The molecule has 0 radical (unpaired) electrons. The highest BCUT2D eigenvalue weighted by atomic mass is 79.9. The maximum Gasteiger partial charge on any atom is 0.340 e. The minimum atomic E-state index is -1.90. The summed E-state index contributed by atoms with van der Waals surface area (Å²) in [5.74, 6) is -3.80. The summed E-state index contributed by atoms with van der Waals surface area (Å²) in [6, 6.07) is 3.28. The van der Waals surface area contributed by atoms with Crippen molar-refractivity contribution in [2.75, 3.05) is 7.11 Å². The maximum absolute atomic E-state index is 12.8. The molecule has 3 rings (SSSR count). The van der Waals surface area contributed by atoms with E-state index in [1.54, 1.807) is 12.1 Å². The second kappa shape index (κ2) is 8.27. The number of carbonyl (C=O) groups is 2. The van der Waals surface area contributed by atoms with Gasteiger partial charge in [-0.3, -0.25) is 0 Å². The van der Waals surface area contributed by atoms with Crippen LogP contribution in [-0.4, -0.2) is 58.5 Å². The smallest absolute Gasteiger partial charge is 0.340 e. The lowest BCUT2D eigenvalue weighted by atomic mass is 9.81. The van der Waals surface area contributed by atoms with Gasteiger partial charge in [0.25, 0.3) is 0 Å². The van der Waals surface area contributed by atoms with Crippen LogP contribution in [0, 0.1) is 11.8 Å². The Morgan fingerprint density at radius 3 is 2.28 bits per heavy atom. The zero-order valence-electron chi connectivity index (χ0n) is 15.1. The van der Waals surface area contributed by atoms with E-state index in [2.05, 4.69) is 47.8 Å². The standard InChI is InChI=1S/C18H17Br3O8/c1-18(26)12-10(7(15(23)27-2)5-28-17(12)25)13(22)14(18)29-16(24)11-8(20)3-6(19)4-9(11)21/h3-5,10,12-14,17,22,25-26H,1-2H3/t10-,12-,13+,14+,17?,18-/m1/s1. The van der Waals surface area contributed by atoms with Gasteiger partial charge in [-0.1, -0.05) is 15.9 Å². The van der Waals surface area contributed by atoms with Crippen molar-refractivity contribution in [2.24, 2.45) is 11.8 Å². The van der Waals surface area contributed by atoms with Crippen LogP contribution in [0.4, 0.5) is 0 Å². The normalized spacial score (nSPS) is 33.4. The lowest BCUT2D eigenvalue weighted by Crippen LogP contribution is -2.49. The Labute approximate surface area is 191 Å². The summed E-state index contributed by atoms with van der Waals surface area (Å²) in [7, 11) is 1.16. The van der Waals surface area contributed by atoms with Crippen molar-refractivity contribution in [1.29, 1.82) is 0 Å². The SMILES string of the molecule is COC(=O)C1=COC(O)[C@H]2[C@@H]1[C@H](O)[C@H](OC(=O)c1c(Br)cc(Br)cc1Br)[C@]2(C)O. The van der Waals surface area contributed by atoms with E-state index in [0.717, 1.165) is 13.4 Å². The molecule has 1 heterocycles. The van der Waals surface area contributed by atoms with Crippen LogP contribution in [0.5, 0.6) is 0 Å². The maximum atomic E-state index is 12.8. The van der Waals surface area contributed by atoms with Gasteiger partial charge in [-0.15, -0.1) is 0 Å². The molecule has 1 aliphatic carbocycles. The van der Waals surface area contributed by atoms with E-state index in [1.165, 1.54) is 6.92 Å². The molecular formula is C18H17Br3O8. The van der Waals surface area contributed by atoms with E-state index in [4.69, 9.17) is 14.2 Å². The van der Waals surface area contributed by atoms with Crippen molar-refractivity contribution in [3.63, 3.8) is 0 Å². The van der Waals surface area contributed by atoms with Crippen LogP contribution in [0.15, 0.2) is 37.4 Å². The Balaban J connectivity index is 1.96. The van der Waals surface area contributed by atoms with Gasteiger partial charge in [0.1, 0.15) is 11.7 Å². The van der Waals surface area contributed by atoms with Gasteiger partial charge < -0.3 is 29.5 Å². The molecule has 0 aromatic heterocycles. The van der Waals surface area contributed by atoms with Crippen LogP contribution < -0.4 is 0 Å². The molecule has 2 aliphatic rings. The molecule has 29 heavy (non-hydrogen) atoms. The fourth-order valence-electron chi connectivity index (χ4n) is 3.85. The zero-order chi connectivity index (χ0) is 21.7. The van der Waals surface area contributed by atoms with Gasteiger partial charge in [-0.25, -0.2) is 9.59 Å². The van der Waals surface area contributed by atoms with Crippen molar-refractivity contribution < 1.29 is 39.1 Å². The first kappa shape index (κ1) is 22.7. The summed E-state index contributed by atoms with van der Waals surface area (Å²) in [6.07, 6.45) is -3.47. The predicted octanol–water partition coefficient (Wildman–Crippen LogP) is 2.26. The van der Waals surface area contributed by atoms with E-state index >= 15 is 0 Å². The quantitative estimate of drug-likeness (QED) is 0.452. The molecular weight excluding hydrogens is 584 g/mol. The molecule has 0 bridgehead atoms. The Morgan fingerprint density at radius 1 is 1.14 bits per heavy atom. The number of aliphatic hydroxyl groups is 3. The van der Waals surface area contributed by atoms with E-state index in [1.807, 2.05) is 0 Å². The lowest BCUT2D eigenvalue weighted by Gasteiger charge is -2.36. The van der Waals surface area contributed by atoms with Crippen molar-refractivity contribution in [3.05, 3.63) is 42.9 Å². The van der Waals surface area contributed by atoms with Gasteiger partial charge in [0.2, 0.25) is 6.29 Å². The first-order chi connectivity index (χ1) is 13.5. The van der Waals surface area contributed by atoms with Gasteiger partial charge in [0.05, 0.1) is 30.4 Å². The van der Waals surface area contributed by atoms with E-state index < -0.39 is 47.9 Å². The third-order valence-electron chi connectivity index (χ3n) is 5.18. The summed E-state index contributed by atoms with van der Waals surface area (Å²) in [5, 5.41) is 32.1. The number of benzene rings is 1. The minimum absolute atomic E-state index is 0.0693. The molecule has 1 aromatic carbocycles. The number of methoxy groups -OCH3 is 1. The number of esters is 2. The summed E-state index contributed by atoms with van der Waals surface area (Å²) in [6.45, 7) is 1.30. The molecule has 8 nitrogen and oxygen atoms in total. The highest BCUT2D eigenvalue weighted by Crippen LogP contribution is 2.50. The van der Waals surface area contributed by atoms with Crippen molar-refractivity contribution in [1.82, 2.24) is 0 Å². The summed E-state index contributed by atoms with van der Waals surface area (Å²) in [4.78, 5) is 24.9. The predicted molar refractivity (Wildman–Crippen MR) is 110 cm³/mol. The van der Waals surface area contributed by atoms with Crippen LogP contribution in [0.1, 0.15) is 17.3 Å². The number of rotatable bonds is 3. The van der Waals surface area contributed by atoms with Gasteiger partial charge in [-0.2, -0.15) is 0 Å². The van der Waals surface area contributed by atoms with E-state index in [9.17, 15) is 24.9 Å². The van der Waals surface area contributed by atoms with Crippen LogP contribution in [-0.2, 0) is 19.0 Å². The molecule has 1 fully saturated rings. The monoisotopic (exact) mass is 598 g/mol. The fourth-order valence-corrected chi connectivity index (χ4v) is 6.43. The second-order valence-corrected chi connectivity index (χ2v) is 9.55. The molecule has 6 atom stereocenters. The van der Waals surface area contributed by atoms with Gasteiger partial charge in [0.15, 0.2) is 6.10 Å². The molecule has 3 N–H and O–H groups in total. The van der Waals surface area contributed by atoms with Gasteiger partial charge in [0, 0.05) is 19.3 Å². The molecule has 1 aromatic rings. The topological polar surface area (TPSA) is 123 Å². The number of ether oxygens (including phenoxy) is 3. The third kappa shape index (κ3) is 3.88. The number of hydrogen-bond donors (Lipinski definition) is 3.